The molecule has 1 saturated heterocycles. The van der Waals surface area contributed by atoms with Crippen molar-refractivity contribution in [1.29, 1.82) is 0 Å². The van der Waals surface area contributed by atoms with Gasteiger partial charge >= 0.3 is 5.97 Å². The summed E-state index contributed by atoms with van der Waals surface area (Å²) in [5, 5.41) is 8.11. The molecule has 7 heteroatoms. The van der Waals surface area contributed by atoms with Gasteiger partial charge in [0.2, 0.25) is 0 Å². The van der Waals surface area contributed by atoms with E-state index >= 15 is 0 Å². The Morgan fingerprint density at radius 2 is 1.88 bits per heavy atom. The molecule has 2 aromatic carbocycles. The van der Waals surface area contributed by atoms with Crippen LogP contribution in [0.1, 0.15) is 21.5 Å². The molecule has 0 aromatic heterocycles. The normalized spacial score (nSPS) is 16.8. The number of carboxylic acid groups (broad SMARTS) is 1. The lowest BCUT2D eigenvalue weighted by atomic mass is 10.1. The first-order valence-electron chi connectivity index (χ1n) is 8.00. The van der Waals surface area contributed by atoms with E-state index in [9.17, 15) is 14.4 Å². The van der Waals surface area contributed by atoms with Crippen LogP contribution >= 0.6 is 11.8 Å². The third-order valence-electron chi connectivity index (χ3n) is 4.22. The zero-order valence-electron chi connectivity index (χ0n) is 14.4. The van der Waals surface area contributed by atoms with E-state index in [1.54, 1.807) is 24.1 Å². The number of amides is 2. The first-order chi connectivity index (χ1) is 12.4. The third kappa shape index (κ3) is 3.57. The molecule has 0 spiro atoms. The number of hydrogen-bond donors (Lipinski definition) is 1. The Morgan fingerprint density at radius 1 is 1.19 bits per heavy atom. The Hall–Kier alpha value is -2.80. The Labute approximate surface area is 155 Å². The van der Waals surface area contributed by atoms with E-state index in [0.717, 1.165) is 23.0 Å². The number of aryl methyl sites for hydroxylation is 1. The van der Waals surface area contributed by atoms with E-state index in [2.05, 4.69) is 0 Å². The van der Waals surface area contributed by atoms with Gasteiger partial charge in [0, 0.05) is 12.7 Å². The minimum Gasteiger partial charge on any atom is -0.478 e. The van der Waals surface area contributed by atoms with Gasteiger partial charge in [0.15, 0.2) is 5.37 Å². The lowest BCUT2D eigenvalue weighted by molar-refractivity contribution is -0.127. The van der Waals surface area contributed by atoms with Crippen molar-refractivity contribution in [3.8, 4) is 0 Å². The van der Waals surface area contributed by atoms with E-state index in [-0.39, 0.29) is 23.3 Å². The number of aromatic carboxylic acids is 1. The average Bonchev–Trinajstić information content (AvgIpc) is 2.90. The zero-order chi connectivity index (χ0) is 18.8. The molecule has 1 unspecified atom stereocenters. The van der Waals surface area contributed by atoms with Crippen molar-refractivity contribution in [2.75, 3.05) is 11.9 Å². The summed E-state index contributed by atoms with van der Waals surface area (Å²) < 4.78 is 0. The standard InChI is InChI=1S/C19H18N2O4S/c1-12-6-8-15(9-7-12)20(2)17-16(22)21(19(25)26-17)11-13-4-3-5-14(10-13)18(23)24/h3-10,17H,11H2,1-2H3,(H,23,24). The van der Waals surface area contributed by atoms with Crippen LogP contribution < -0.4 is 4.90 Å². The Bertz CT molecular complexity index is 866. The minimum atomic E-state index is -1.04. The van der Waals surface area contributed by atoms with Crippen LogP contribution in [-0.2, 0) is 11.3 Å². The monoisotopic (exact) mass is 370 g/mol. The Morgan fingerprint density at radius 3 is 2.54 bits per heavy atom. The van der Waals surface area contributed by atoms with Gasteiger partial charge in [-0.3, -0.25) is 14.5 Å². The molecule has 1 aliphatic rings. The first kappa shape index (κ1) is 18.0. The van der Waals surface area contributed by atoms with Crippen molar-refractivity contribution < 1.29 is 19.5 Å². The van der Waals surface area contributed by atoms with E-state index in [1.165, 1.54) is 17.0 Å². The van der Waals surface area contributed by atoms with Crippen LogP contribution in [0.25, 0.3) is 0 Å². The summed E-state index contributed by atoms with van der Waals surface area (Å²) in [5.41, 5.74) is 2.70. The maximum Gasteiger partial charge on any atom is 0.335 e. The summed E-state index contributed by atoms with van der Waals surface area (Å²) >= 11 is 0.966. The van der Waals surface area contributed by atoms with E-state index < -0.39 is 11.3 Å². The molecule has 1 heterocycles. The van der Waals surface area contributed by atoms with Crippen LogP contribution in [-0.4, -0.2) is 39.5 Å². The van der Waals surface area contributed by atoms with Crippen molar-refractivity contribution in [2.45, 2.75) is 18.8 Å². The van der Waals surface area contributed by atoms with E-state index in [1.807, 2.05) is 31.2 Å². The molecular weight excluding hydrogens is 352 g/mol. The van der Waals surface area contributed by atoms with Gasteiger partial charge in [-0.15, -0.1) is 0 Å². The second-order valence-electron chi connectivity index (χ2n) is 6.11. The number of nitrogens with zero attached hydrogens (tertiary/aromatic N) is 2. The van der Waals surface area contributed by atoms with Gasteiger partial charge in [-0.05, 0) is 48.5 Å². The first-order valence-corrected chi connectivity index (χ1v) is 8.88. The molecule has 0 radical (unpaired) electrons. The smallest absolute Gasteiger partial charge is 0.335 e. The highest BCUT2D eigenvalue weighted by Gasteiger charge is 2.42. The minimum absolute atomic E-state index is 0.0595. The molecule has 0 aliphatic carbocycles. The summed E-state index contributed by atoms with van der Waals surface area (Å²) in [6.07, 6.45) is 0. The SMILES string of the molecule is Cc1ccc(N(C)C2SC(=O)N(Cc3cccc(C(=O)O)c3)C2=O)cc1. The lowest BCUT2D eigenvalue weighted by Crippen LogP contribution is -2.39. The molecule has 26 heavy (non-hydrogen) atoms. The fraction of sp³-hybridized carbons (Fsp3) is 0.211. The summed E-state index contributed by atoms with van der Waals surface area (Å²) in [6, 6.07) is 14.0. The maximum absolute atomic E-state index is 12.7. The molecule has 0 saturated carbocycles. The van der Waals surface area contributed by atoms with Crippen molar-refractivity contribution in [2.24, 2.45) is 0 Å². The summed E-state index contributed by atoms with van der Waals surface area (Å²) in [6.45, 7) is 2.04. The summed E-state index contributed by atoms with van der Waals surface area (Å²) in [5.74, 6) is -1.35. The number of likely N-dealkylation sites (N-methyl/N-ethyl adjacent to an activating group) is 1. The van der Waals surface area contributed by atoms with Gasteiger partial charge < -0.3 is 10.0 Å². The van der Waals surface area contributed by atoms with E-state index in [0.29, 0.717) is 5.56 Å². The quantitative estimate of drug-likeness (QED) is 0.870. The number of imide groups is 1. The molecule has 1 aliphatic heterocycles. The van der Waals surface area contributed by atoms with Crippen LogP contribution in [0.15, 0.2) is 48.5 Å². The molecule has 3 rings (SSSR count). The lowest BCUT2D eigenvalue weighted by Gasteiger charge is -2.24. The van der Waals surface area contributed by atoms with Crippen LogP contribution in [0, 0.1) is 6.92 Å². The number of carbonyl (C=O) groups is 3. The molecule has 134 valence electrons. The molecule has 1 atom stereocenters. The van der Waals surface area contributed by atoms with Gasteiger partial charge in [-0.25, -0.2) is 4.79 Å². The summed E-state index contributed by atoms with van der Waals surface area (Å²) in [4.78, 5) is 39.1. The van der Waals surface area contributed by atoms with Crippen LogP contribution in [0.2, 0.25) is 0 Å². The Balaban J connectivity index is 1.77. The van der Waals surface area contributed by atoms with E-state index in [4.69, 9.17) is 5.11 Å². The highest BCUT2D eigenvalue weighted by Crippen LogP contribution is 2.33. The highest BCUT2D eigenvalue weighted by molar-refractivity contribution is 8.15. The molecule has 1 fully saturated rings. The fourth-order valence-corrected chi connectivity index (χ4v) is 3.70. The van der Waals surface area contributed by atoms with Crippen molar-refractivity contribution >= 4 is 34.6 Å². The highest BCUT2D eigenvalue weighted by atomic mass is 32.2. The number of anilines is 1. The maximum atomic E-state index is 12.7. The largest absolute Gasteiger partial charge is 0.478 e. The number of rotatable bonds is 5. The topological polar surface area (TPSA) is 77.9 Å². The predicted octanol–water partition coefficient (Wildman–Crippen LogP) is 3.35. The number of thioether (sulfide) groups is 1. The zero-order valence-corrected chi connectivity index (χ0v) is 15.2. The average molecular weight is 370 g/mol. The number of hydrogen-bond acceptors (Lipinski definition) is 5. The van der Waals surface area contributed by atoms with Gasteiger partial charge in [-0.1, -0.05) is 29.8 Å². The number of carbonyl (C=O) groups excluding carboxylic acids is 2. The number of carboxylic acids is 1. The third-order valence-corrected chi connectivity index (χ3v) is 5.38. The molecular formula is C19H18N2O4S. The molecule has 6 nitrogen and oxygen atoms in total. The predicted molar refractivity (Wildman–Crippen MR) is 100 cm³/mol. The van der Waals surface area contributed by atoms with Crippen LogP contribution in [0.3, 0.4) is 0 Å². The van der Waals surface area contributed by atoms with Crippen molar-refractivity contribution in [3.63, 3.8) is 0 Å². The van der Waals surface area contributed by atoms with Crippen LogP contribution in [0.4, 0.5) is 10.5 Å². The number of benzene rings is 2. The fourth-order valence-electron chi connectivity index (χ4n) is 2.72. The molecule has 2 aromatic rings. The second-order valence-corrected chi connectivity index (χ2v) is 7.14. The molecule has 0 bridgehead atoms. The van der Waals surface area contributed by atoms with Gasteiger partial charge in [-0.2, -0.15) is 0 Å². The second kappa shape index (κ2) is 7.21. The van der Waals surface area contributed by atoms with Gasteiger partial charge in [0.1, 0.15) is 0 Å². The van der Waals surface area contributed by atoms with Crippen molar-refractivity contribution in [1.82, 2.24) is 4.90 Å². The molecule has 1 N–H and O–H groups in total. The van der Waals surface area contributed by atoms with Gasteiger partial charge in [0.05, 0.1) is 12.1 Å². The summed E-state index contributed by atoms with van der Waals surface area (Å²) in [7, 11) is 1.78. The van der Waals surface area contributed by atoms with Crippen LogP contribution in [0.5, 0.6) is 0 Å². The molecule has 2 amide bonds. The van der Waals surface area contributed by atoms with Crippen molar-refractivity contribution in [3.05, 3.63) is 65.2 Å². The van der Waals surface area contributed by atoms with Gasteiger partial charge in [0.25, 0.3) is 11.1 Å². The Kier molecular flexibility index (Phi) is 4.99.